The van der Waals surface area contributed by atoms with Crippen molar-refractivity contribution in [3.8, 4) is 0 Å². The van der Waals surface area contributed by atoms with Gasteiger partial charge in [0.05, 0.1) is 17.8 Å². The third kappa shape index (κ3) is 4.11. The number of esters is 1. The molecule has 0 bridgehead atoms. The van der Waals surface area contributed by atoms with E-state index in [-0.39, 0.29) is 24.0 Å². The molecule has 0 unspecified atom stereocenters. The molecule has 1 fully saturated rings. The molecular weight excluding hydrogens is 412 g/mol. The Labute approximate surface area is 187 Å². The lowest BCUT2D eigenvalue weighted by Crippen LogP contribution is -2.50. The van der Waals surface area contributed by atoms with E-state index in [2.05, 4.69) is 4.90 Å². The average molecular weight is 443 g/mol. The number of rotatable bonds is 3. The molecule has 172 valence electrons. The van der Waals surface area contributed by atoms with Gasteiger partial charge in [0.25, 0.3) is 0 Å². The average Bonchev–Trinajstić information content (AvgIpc) is 3.11. The number of para-hydroxylation sites is 1. The van der Waals surface area contributed by atoms with E-state index in [1.54, 1.807) is 11.8 Å². The normalized spacial score (nSPS) is 16.9. The second-order valence-electron chi connectivity index (χ2n) is 8.98. The molecule has 0 saturated carbocycles. The van der Waals surface area contributed by atoms with Crippen LogP contribution in [0.4, 0.5) is 10.5 Å². The summed E-state index contributed by atoms with van der Waals surface area (Å²) < 4.78 is 12.6. The van der Waals surface area contributed by atoms with Gasteiger partial charge < -0.3 is 28.9 Å². The van der Waals surface area contributed by atoms with Crippen LogP contribution in [0, 0.1) is 0 Å². The third-order valence-electron chi connectivity index (χ3n) is 5.59. The molecule has 0 spiro atoms. The van der Waals surface area contributed by atoms with Gasteiger partial charge in [-0.2, -0.15) is 0 Å². The van der Waals surface area contributed by atoms with Crippen LogP contribution in [0.2, 0.25) is 0 Å². The highest BCUT2D eigenvalue weighted by molar-refractivity contribution is 6.17. The summed E-state index contributed by atoms with van der Waals surface area (Å²) in [6, 6.07) is 5.94. The Kier molecular flexibility index (Phi) is 5.75. The fraction of sp³-hybridized carbons (Fsp3) is 0.522. The van der Waals surface area contributed by atoms with E-state index < -0.39 is 11.6 Å². The van der Waals surface area contributed by atoms with Crippen LogP contribution in [0.1, 0.15) is 39.9 Å². The van der Waals surface area contributed by atoms with Crippen LogP contribution in [0.25, 0.3) is 16.6 Å². The highest BCUT2D eigenvalue weighted by Gasteiger charge is 2.31. The Morgan fingerprint density at radius 3 is 2.50 bits per heavy atom. The SMILES string of the molecule is CCOC(=O)C1=C(O)CCn2c1nc1c(N3CCN(C(=O)OC(C)(C)C)CC3)cccc12. The molecule has 1 N–H and O–H groups in total. The molecule has 2 aliphatic rings. The number of anilines is 1. The van der Waals surface area contributed by atoms with Crippen molar-refractivity contribution in [2.45, 2.75) is 46.3 Å². The highest BCUT2D eigenvalue weighted by Crippen LogP contribution is 2.34. The van der Waals surface area contributed by atoms with Crippen LogP contribution in [-0.2, 0) is 20.8 Å². The van der Waals surface area contributed by atoms with Crippen molar-refractivity contribution in [3.05, 3.63) is 29.8 Å². The fourth-order valence-electron chi connectivity index (χ4n) is 4.15. The molecule has 4 rings (SSSR count). The minimum absolute atomic E-state index is 0.0128. The fourth-order valence-corrected chi connectivity index (χ4v) is 4.15. The molecule has 1 aromatic carbocycles. The van der Waals surface area contributed by atoms with E-state index in [1.165, 1.54) is 0 Å². The van der Waals surface area contributed by atoms with Crippen LogP contribution >= 0.6 is 0 Å². The maximum atomic E-state index is 12.5. The van der Waals surface area contributed by atoms with Gasteiger partial charge in [-0.1, -0.05) is 6.07 Å². The number of hydrogen-bond donors (Lipinski definition) is 1. The first-order valence-corrected chi connectivity index (χ1v) is 11.0. The predicted molar refractivity (Wildman–Crippen MR) is 121 cm³/mol. The molecule has 9 nitrogen and oxygen atoms in total. The van der Waals surface area contributed by atoms with Crippen LogP contribution in [0.5, 0.6) is 0 Å². The van der Waals surface area contributed by atoms with Crippen LogP contribution < -0.4 is 4.90 Å². The Morgan fingerprint density at radius 2 is 1.84 bits per heavy atom. The zero-order chi connectivity index (χ0) is 23.0. The highest BCUT2D eigenvalue weighted by atomic mass is 16.6. The molecule has 3 heterocycles. The summed E-state index contributed by atoms with van der Waals surface area (Å²) in [5.74, 6) is -0.116. The number of carbonyl (C=O) groups is 2. The van der Waals surface area contributed by atoms with E-state index in [0.717, 1.165) is 16.7 Å². The zero-order valence-electron chi connectivity index (χ0n) is 19.1. The summed E-state index contributed by atoms with van der Waals surface area (Å²) >= 11 is 0. The molecule has 1 saturated heterocycles. The predicted octanol–water partition coefficient (Wildman–Crippen LogP) is 3.33. The number of nitrogens with zero attached hydrogens (tertiary/aromatic N) is 4. The second kappa shape index (κ2) is 8.37. The molecule has 32 heavy (non-hydrogen) atoms. The van der Waals surface area contributed by atoms with Gasteiger partial charge in [-0.15, -0.1) is 0 Å². The molecule has 2 aliphatic heterocycles. The summed E-state index contributed by atoms with van der Waals surface area (Å²) in [5.41, 5.74) is 2.22. The van der Waals surface area contributed by atoms with Crippen LogP contribution in [0.3, 0.4) is 0 Å². The summed E-state index contributed by atoms with van der Waals surface area (Å²) in [4.78, 5) is 33.5. The molecule has 1 amide bonds. The minimum atomic E-state index is -0.561. The first kappa shape index (κ1) is 22.0. The molecule has 9 heteroatoms. The Hall–Kier alpha value is -3.23. The van der Waals surface area contributed by atoms with Gasteiger partial charge in [0.2, 0.25) is 0 Å². The minimum Gasteiger partial charge on any atom is -0.511 e. The van der Waals surface area contributed by atoms with Crippen molar-refractivity contribution in [1.29, 1.82) is 0 Å². The summed E-state index contributed by atoms with van der Waals surface area (Å²) in [5, 5.41) is 10.4. The maximum Gasteiger partial charge on any atom is 0.410 e. The molecule has 0 aliphatic carbocycles. The second-order valence-corrected chi connectivity index (χ2v) is 8.98. The number of benzene rings is 1. The molecule has 0 radical (unpaired) electrons. The number of aryl methyl sites for hydroxylation is 1. The lowest BCUT2D eigenvalue weighted by molar-refractivity contribution is -0.136. The quantitative estimate of drug-likeness (QED) is 0.728. The number of amides is 1. The van der Waals surface area contributed by atoms with E-state index >= 15 is 0 Å². The molecular formula is C23H30N4O5. The van der Waals surface area contributed by atoms with Gasteiger partial charge in [0.1, 0.15) is 22.5 Å². The lowest BCUT2D eigenvalue weighted by Gasteiger charge is -2.36. The van der Waals surface area contributed by atoms with Gasteiger partial charge in [0.15, 0.2) is 5.82 Å². The number of piperazine rings is 1. The van der Waals surface area contributed by atoms with Crippen molar-refractivity contribution in [2.75, 3.05) is 37.7 Å². The Balaban J connectivity index is 1.61. The smallest absolute Gasteiger partial charge is 0.410 e. The van der Waals surface area contributed by atoms with E-state index in [9.17, 15) is 14.7 Å². The first-order valence-electron chi connectivity index (χ1n) is 11.0. The number of ether oxygens (including phenoxy) is 2. The number of carbonyl (C=O) groups excluding carboxylic acids is 2. The van der Waals surface area contributed by atoms with Gasteiger partial charge in [-0.3, -0.25) is 0 Å². The largest absolute Gasteiger partial charge is 0.511 e. The van der Waals surface area contributed by atoms with Gasteiger partial charge >= 0.3 is 12.1 Å². The number of imidazole rings is 1. The summed E-state index contributed by atoms with van der Waals surface area (Å²) in [7, 11) is 0. The molecule has 1 aromatic heterocycles. The zero-order valence-corrected chi connectivity index (χ0v) is 19.1. The van der Waals surface area contributed by atoms with Gasteiger partial charge in [-0.05, 0) is 39.8 Å². The topological polar surface area (TPSA) is 97.1 Å². The van der Waals surface area contributed by atoms with Crippen LogP contribution in [-0.4, -0.2) is 70.0 Å². The Morgan fingerprint density at radius 1 is 1.12 bits per heavy atom. The number of aromatic nitrogens is 2. The van der Waals surface area contributed by atoms with Gasteiger partial charge in [-0.25, -0.2) is 14.6 Å². The number of fused-ring (bicyclic) bond motifs is 3. The number of allylic oxidation sites excluding steroid dienone is 1. The summed E-state index contributed by atoms with van der Waals surface area (Å²) in [6.07, 6.45) is 0.0540. The van der Waals surface area contributed by atoms with E-state index in [4.69, 9.17) is 14.5 Å². The lowest BCUT2D eigenvalue weighted by atomic mass is 10.1. The van der Waals surface area contributed by atoms with E-state index in [1.807, 2.05) is 43.5 Å². The summed E-state index contributed by atoms with van der Waals surface area (Å²) in [6.45, 7) is 10.5. The number of aliphatic hydroxyl groups excluding tert-OH is 1. The number of aliphatic hydroxyl groups is 1. The standard InChI is InChI=1S/C23H30N4O5/c1-5-31-21(29)18-17(28)9-10-27-16-8-6-7-15(19(16)24-20(18)27)25-11-13-26(14-12-25)22(30)32-23(2,3)4/h6-8,28H,5,9-14H2,1-4H3. The Bertz CT molecular complexity index is 1070. The number of hydrogen-bond acceptors (Lipinski definition) is 7. The third-order valence-corrected chi connectivity index (χ3v) is 5.59. The molecule has 2 aromatic rings. The monoisotopic (exact) mass is 442 g/mol. The van der Waals surface area contributed by atoms with Gasteiger partial charge in [0, 0.05) is 39.1 Å². The van der Waals surface area contributed by atoms with Crippen molar-refractivity contribution in [3.63, 3.8) is 0 Å². The van der Waals surface area contributed by atoms with E-state index in [0.29, 0.717) is 45.0 Å². The van der Waals surface area contributed by atoms with Crippen molar-refractivity contribution in [2.24, 2.45) is 0 Å². The van der Waals surface area contributed by atoms with Crippen molar-refractivity contribution in [1.82, 2.24) is 14.5 Å². The van der Waals surface area contributed by atoms with Crippen molar-refractivity contribution < 1.29 is 24.2 Å². The van der Waals surface area contributed by atoms with Crippen LogP contribution in [0.15, 0.2) is 24.0 Å². The van der Waals surface area contributed by atoms with Crippen molar-refractivity contribution >= 4 is 34.4 Å². The first-order chi connectivity index (χ1) is 15.2. The molecule has 0 atom stereocenters. The maximum absolute atomic E-state index is 12.5.